The van der Waals surface area contributed by atoms with E-state index in [1.165, 1.54) is 0 Å². The number of carbonyl (C=O) groups excluding carboxylic acids is 2. The SMILES string of the molecule is CN(CC(F)F)C(=O)N[C@H](CC(N)=O)C(=O)O. The lowest BCUT2D eigenvalue weighted by atomic mass is 10.2. The van der Waals surface area contributed by atoms with E-state index in [0.717, 1.165) is 7.05 Å². The molecule has 17 heavy (non-hydrogen) atoms. The lowest BCUT2D eigenvalue weighted by Gasteiger charge is -2.20. The van der Waals surface area contributed by atoms with Crippen LogP contribution < -0.4 is 11.1 Å². The number of carboxylic acid groups (broad SMARTS) is 1. The fraction of sp³-hybridized carbons (Fsp3) is 0.625. The zero-order chi connectivity index (χ0) is 13.6. The summed E-state index contributed by atoms with van der Waals surface area (Å²) in [5.41, 5.74) is 4.78. The van der Waals surface area contributed by atoms with Crippen LogP contribution in [0, 0.1) is 0 Å². The third-order valence-electron chi connectivity index (χ3n) is 1.76. The number of nitrogens with two attached hydrogens (primary N) is 1. The van der Waals surface area contributed by atoms with Crippen LogP contribution in [0.5, 0.6) is 0 Å². The molecular formula is C8H13F2N3O4. The van der Waals surface area contributed by atoms with E-state index in [2.05, 4.69) is 0 Å². The van der Waals surface area contributed by atoms with Crippen molar-refractivity contribution in [2.75, 3.05) is 13.6 Å². The highest BCUT2D eigenvalue weighted by Crippen LogP contribution is 1.98. The lowest BCUT2D eigenvalue weighted by Crippen LogP contribution is -2.49. The number of nitrogens with zero attached hydrogens (tertiary/aromatic N) is 1. The maximum absolute atomic E-state index is 11.9. The zero-order valence-corrected chi connectivity index (χ0v) is 9.02. The Hall–Kier alpha value is -1.93. The summed E-state index contributed by atoms with van der Waals surface area (Å²) in [5.74, 6) is -2.39. The Labute approximate surface area is 95.6 Å². The predicted molar refractivity (Wildman–Crippen MR) is 52.4 cm³/mol. The first-order chi connectivity index (χ1) is 7.73. The van der Waals surface area contributed by atoms with Crippen molar-refractivity contribution >= 4 is 17.9 Å². The molecule has 0 bridgehead atoms. The van der Waals surface area contributed by atoms with E-state index in [-0.39, 0.29) is 0 Å². The maximum Gasteiger partial charge on any atom is 0.326 e. The van der Waals surface area contributed by atoms with Gasteiger partial charge in [-0.1, -0.05) is 0 Å². The molecule has 0 spiro atoms. The molecule has 3 amide bonds. The van der Waals surface area contributed by atoms with Gasteiger partial charge in [-0.3, -0.25) is 4.79 Å². The second-order valence-electron chi connectivity index (χ2n) is 3.28. The number of carbonyl (C=O) groups is 3. The largest absolute Gasteiger partial charge is 0.480 e. The molecular weight excluding hydrogens is 240 g/mol. The van der Waals surface area contributed by atoms with E-state index in [1.807, 2.05) is 5.32 Å². The fourth-order valence-corrected chi connectivity index (χ4v) is 0.950. The van der Waals surface area contributed by atoms with Crippen molar-refractivity contribution in [2.45, 2.75) is 18.9 Å². The van der Waals surface area contributed by atoms with Crippen molar-refractivity contribution in [3.05, 3.63) is 0 Å². The van der Waals surface area contributed by atoms with Crippen molar-refractivity contribution in [1.82, 2.24) is 10.2 Å². The van der Waals surface area contributed by atoms with Crippen LogP contribution in [0.3, 0.4) is 0 Å². The molecule has 0 unspecified atom stereocenters. The van der Waals surface area contributed by atoms with Crippen LogP contribution in [-0.4, -0.2) is 54.0 Å². The summed E-state index contributed by atoms with van der Waals surface area (Å²) in [4.78, 5) is 33.0. The third-order valence-corrected chi connectivity index (χ3v) is 1.76. The Morgan fingerprint density at radius 1 is 1.41 bits per heavy atom. The number of amides is 3. The lowest BCUT2D eigenvalue weighted by molar-refractivity contribution is -0.140. The second kappa shape index (κ2) is 6.61. The zero-order valence-electron chi connectivity index (χ0n) is 9.02. The first-order valence-electron chi connectivity index (χ1n) is 4.55. The van der Waals surface area contributed by atoms with E-state index < -0.39 is 43.3 Å². The van der Waals surface area contributed by atoms with Crippen molar-refractivity contribution in [3.8, 4) is 0 Å². The minimum absolute atomic E-state index is 0.608. The molecule has 0 heterocycles. The number of halogens is 2. The third kappa shape index (κ3) is 6.28. The van der Waals surface area contributed by atoms with Gasteiger partial charge in [0.15, 0.2) is 0 Å². The quantitative estimate of drug-likeness (QED) is 0.576. The summed E-state index contributed by atoms with van der Waals surface area (Å²) in [6.07, 6.45) is -3.34. The highest BCUT2D eigenvalue weighted by Gasteiger charge is 2.24. The molecule has 0 aliphatic carbocycles. The molecule has 0 aliphatic heterocycles. The van der Waals surface area contributed by atoms with Gasteiger partial charge in [0.2, 0.25) is 5.91 Å². The number of primary amides is 1. The van der Waals surface area contributed by atoms with Crippen LogP contribution in [0.15, 0.2) is 0 Å². The normalized spacial score (nSPS) is 12.0. The summed E-state index contributed by atoms with van der Waals surface area (Å²) >= 11 is 0. The Morgan fingerprint density at radius 3 is 2.29 bits per heavy atom. The summed E-state index contributed by atoms with van der Waals surface area (Å²) in [6, 6.07) is -2.54. The summed E-state index contributed by atoms with van der Waals surface area (Å²) < 4.78 is 23.9. The highest BCUT2D eigenvalue weighted by molar-refractivity contribution is 5.87. The van der Waals surface area contributed by atoms with E-state index in [4.69, 9.17) is 10.8 Å². The Bertz CT molecular complexity index is 311. The summed E-state index contributed by atoms with van der Waals surface area (Å²) in [6.45, 7) is -0.839. The molecule has 0 aromatic rings. The number of urea groups is 1. The molecule has 0 aromatic carbocycles. The molecule has 4 N–H and O–H groups in total. The van der Waals surface area contributed by atoms with Gasteiger partial charge in [0.1, 0.15) is 6.04 Å². The van der Waals surface area contributed by atoms with Gasteiger partial charge in [-0.25, -0.2) is 18.4 Å². The van der Waals surface area contributed by atoms with E-state index in [0.29, 0.717) is 4.90 Å². The van der Waals surface area contributed by atoms with E-state index in [1.54, 1.807) is 0 Å². The molecule has 7 nitrogen and oxygen atoms in total. The second-order valence-corrected chi connectivity index (χ2v) is 3.28. The monoisotopic (exact) mass is 253 g/mol. The minimum atomic E-state index is -2.73. The summed E-state index contributed by atoms with van der Waals surface area (Å²) in [7, 11) is 1.07. The molecule has 98 valence electrons. The van der Waals surface area contributed by atoms with Crippen LogP contribution in [0.2, 0.25) is 0 Å². The van der Waals surface area contributed by atoms with Crippen LogP contribution in [-0.2, 0) is 9.59 Å². The molecule has 0 saturated heterocycles. The van der Waals surface area contributed by atoms with Gasteiger partial charge in [-0.05, 0) is 0 Å². The number of hydrogen-bond donors (Lipinski definition) is 3. The van der Waals surface area contributed by atoms with Gasteiger partial charge in [0.25, 0.3) is 6.43 Å². The van der Waals surface area contributed by atoms with Gasteiger partial charge in [-0.2, -0.15) is 0 Å². The van der Waals surface area contributed by atoms with Crippen LogP contribution >= 0.6 is 0 Å². The Kier molecular flexibility index (Phi) is 5.86. The Morgan fingerprint density at radius 2 is 1.94 bits per heavy atom. The molecule has 0 aliphatic rings. The first-order valence-corrected chi connectivity index (χ1v) is 4.55. The average Bonchev–Trinajstić information content (AvgIpc) is 2.14. The van der Waals surface area contributed by atoms with Crippen molar-refractivity contribution in [1.29, 1.82) is 0 Å². The standard InChI is InChI=1S/C8H13F2N3O4/c1-13(3-5(9)10)8(17)12-4(7(15)16)2-6(11)14/h4-5H,2-3H2,1H3,(H2,11,14)(H,12,17)(H,15,16)/t4-/m1/s1. The van der Waals surface area contributed by atoms with Crippen molar-refractivity contribution < 1.29 is 28.3 Å². The van der Waals surface area contributed by atoms with E-state index in [9.17, 15) is 23.2 Å². The van der Waals surface area contributed by atoms with Crippen molar-refractivity contribution in [2.24, 2.45) is 5.73 Å². The molecule has 9 heteroatoms. The van der Waals surface area contributed by atoms with Gasteiger partial charge < -0.3 is 21.1 Å². The van der Waals surface area contributed by atoms with E-state index >= 15 is 0 Å². The molecule has 0 saturated carbocycles. The maximum atomic E-state index is 11.9. The minimum Gasteiger partial charge on any atom is -0.480 e. The van der Waals surface area contributed by atoms with Crippen LogP contribution in [0.1, 0.15) is 6.42 Å². The smallest absolute Gasteiger partial charge is 0.326 e. The van der Waals surface area contributed by atoms with Crippen LogP contribution in [0.25, 0.3) is 0 Å². The molecule has 0 rings (SSSR count). The number of alkyl halides is 2. The number of hydrogen-bond acceptors (Lipinski definition) is 3. The summed E-state index contributed by atoms with van der Waals surface area (Å²) in [5, 5.41) is 10.6. The average molecular weight is 253 g/mol. The van der Waals surface area contributed by atoms with Crippen molar-refractivity contribution in [3.63, 3.8) is 0 Å². The number of nitrogens with one attached hydrogen (secondary N) is 1. The highest BCUT2D eigenvalue weighted by atomic mass is 19.3. The first kappa shape index (κ1) is 15.1. The van der Waals surface area contributed by atoms with Crippen LogP contribution in [0.4, 0.5) is 13.6 Å². The molecule has 0 aromatic heterocycles. The van der Waals surface area contributed by atoms with Gasteiger partial charge in [0.05, 0.1) is 13.0 Å². The molecule has 0 radical (unpaired) electrons. The molecule has 1 atom stereocenters. The predicted octanol–water partition coefficient (Wildman–Crippen LogP) is -0.778. The van der Waals surface area contributed by atoms with Gasteiger partial charge >= 0.3 is 12.0 Å². The number of aliphatic carboxylic acids is 1. The number of rotatable bonds is 6. The molecule has 0 fully saturated rings. The topological polar surface area (TPSA) is 113 Å². The van der Waals surface area contributed by atoms with Gasteiger partial charge in [-0.15, -0.1) is 0 Å². The van der Waals surface area contributed by atoms with Gasteiger partial charge in [0, 0.05) is 7.05 Å². The Balaban J connectivity index is 4.39. The fourth-order valence-electron chi connectivity index (χ4n) is 0.950. The number of carboxylic acids is 1.